The molecule has 0 radical (unpaired) electrons. The molecular weight excluding hydrogens is 233 g/mol. The van der Waals surface area contributed by atoms with Gasteiger partial charge in [-0.3, -0.25) is 9.99 Å². The Labute approximate surface area is 99.7 Å². The Morgan fingerprint density at radius 2 is 2.00 bits per heavy atom. The minimum absolute atomic E-state index is 0.538. The summed E-state index contributed by atoms with van der Waals surface area (Å²) in [5.41, 5.74) is 0.826. The van der Waals surface area contributed by atoms with Crippen molar-refractivity contribution in [3.8, 4) is 0 Å². The van der Waals surface area contributed by atoms with E-state index in [2.05, 4.69) is 10.1 Å². The summed E-state index contributed by atoms with van der Waals surface area (Å²) in [5, 5.41) is 6.08. The van der Waals surface area contributed by atoms with Gasteiger partial charge in [-0.05, 0) is 12.1 Å². The average molecular weight is 246 g/mol. The molecule has 0 amide bonds. The normalized spacial score (nSPS) is 10.8. The molecule has 0 saturated carbocycles. The van der Waals surface area contributed by atoms with Crippen molar-refractivity contribution in [3.05, 3.63) is 30.1 Å². The zero-order valence-electron chi connectivity index (χ0n) is 8.31. The van der Waals surface area contributed by atoms with Crippen molar-refractivity contribution in [1.82, 2.24) is 9.99 Å². The fourth-order valence-electron chi connectivity index (χ4n) is 1.02. The Hall–Kier alpha value is -0.800. The standard InChI is InChI=1S/C10H13Cl2N3/c11-4-7-15(8-5-12)14-9-10-3-1-2-6-13-10/h1-3,6,9H,4-5,7-8H2. The summed E-state index contributed by atoms with van der Waals surface area (Å²) in [7, 11) is 0. The van der Waals surface area contributed by atoms with Crippen molar-refractivity contribution in [1.29, 1.82) is 0 Å². The maximum Gasteiger partial charge on any atom is 0.0830 e. The molecular formula is C10H13Cl2N3. The monoisotopic (exact) mass is 245 g/mol. The van der Waals surface area contributed by atoms with Crippen LogP contribution in [0.4, 0.5) is 0 Å². The maximum atomic E-state index is 5.64. The summed E-state index contributed by atoms with van der Waals surface area (Å²) in [6, 6.07) is 5.68. The molecule has 0 aliphatic carbocycles. The van der Waals surface area contributed by atoms with Crippen LogP contribution in [0.1, 0.15) is 5.69 Å². The molecule has 0 unspecified atom stereocenters. The zero-order chi connectivity index (χ0) is 10.9. The molecule has 1 heterocycles. The van der Waals surface area contributed by atoms with E-state index in [-0.39, 0.29) is 0 Å². The number of hydrazone groups is 1. The molecule has 0 bridgehead atoms. The third kappa shape index (κ3) is 5.00. The van der Waals surface area contributed by atoms with Gasteiger partial charge in [0, 0.05) is 31.0 Å². The Morgan fingerprint density at radius 3 is 2.53 bits per heavy atom. The number of pyridine rings is 1. The highest BCUT2D eigenvalue weighted by Crippen LogP contribution is 1.94. The highest BCUT2D eigenvalue weighted by atomic mass is 35.5. The SMILES string of the molecule is ClCCN(CCCl)N=Cc1ccccn1. The van der Waals surface area contributed by atoms with Crippen LogP contribution in [0.2, 0.25) is 0 Å². The molecule has 15 heavy (non-hydrogen) atoms. The molecule has 0 aromatic carbocycles. The van der Waals surface area contributed by atoms with Crippen LogP contribution in [-0.4, -0.2) is 41.1 Å². The lowest BCUT2D eigenvalue weighted by atomic mass is 10.4. The molecule has 5 heteroatoms. The molecule has 1 rings (SSSR count). The summed E-state index contributed by atoms with van der Waals surface area (Å²) in [6.45, 7) is 1.38. The quantitative estimate of drug-likeness (QED) is 0.437. The predicted octanol–water partition coefficient (Wildman–Crippen LogP) is 2.20. The molecule has 0 spiro atoms. The van der Waals surface area contributed by atoms with E-state index in [4.69, 9.17) is 23.2 Å². The predicted molar refractivity (Wildman–Crippen MR) is 64.8 cm³/mol. The van der Waals surface area contributed by atoms with Crippen LogP contribution in [0.15, 0.2) is 29.5 Å². The second-order valence-corrected chi connectivity index (χ2v) is 3.59. The third-order valence-corrected chi connectivity index (χ3v) is 2.06. The molecule has 82 valence electrons. The maximum absolute atomic E-state index is 5.64. The first-order chi connectivity index (χ1) is 7.36. The van der Waals surface area contributed by atoms with Crippen LogP contribution in [0.25, 0.3) is 0 Å². The molecule has 0 aliphatic rings. The molecule has 3 nitrogen and oxygen atoms in total. The van der Waals surface area contributed by atoms with Gasteiger partial charge in [0.25, 0.3) is 0 Å². The lowest BCUT2D eigenvalue weighted by Gasteiger charge is -2.15. The Balaban J connectivity index is 2.53. The largest absolute Gasteiger partial charge is 0.295 e. The fourth-order valence-corrected chi connectivity index (χ4v) is 1.41. The van der Waals surface area contributed by atoms with Gasteiger partial charge < -0.3 is 0 Å². The molecule has 1 aromatic heterocycles. The number of aromatic nitrogens is 1. The van der Waals surface area contributed by atoms with E-state index in [0.29, 0.717) is 24.8 Å². The van der Waals surface area contributed by atoms with E-state index in [1.54, 1.807) is 12.4 Å². The first kappa shape index (κ1) is 12.3. The summed E-state index contributed by atoms with van der Waals surface area (Å²) >= 11 is 11.3. The van der Waals surface area contributed by atoms with E-state index in [1.807, 2.05) is 23.2 Å². The van der Waals surface area contributed by atoms with Crippen LogP contribution in [0.5, 0.6) is 0 Å². The average Bonchev–Trinajstić information content (AvgIpc) is 2.28. The Bertz CT molecular complexity index is 284. The summed E-state index contributed by atoms with van der Waals surface area (Å²) in [5.74, 6) is 1.08. The van der Waals surface area contributed by atoms with Crippen molar-refractivity contribution in [2.75, 3.05) is 24.8 Å². The number of nitrogens with zero attached hydrogens (tertiary/aromatic N) is 3. The number of alkyl halides is 2. The van der Waals surface area contributed by atoms with Crippen molar-refractivity contribution < 1.29 is 0 Å². The van der Waals surface area contributed by atoms with Gasteiger partial charge >= 0.3 is 0 Å². The second-order valence-electron chi connectivity index (χ2n) is 2.83. The zero-order valence-corrected chi connectivity index (χ0v) is 9.82. The fraction of sp³-hybridized carbons (Fsp3) is 0.400. The molecule has 0 saturated heterocycles. The first-order valence-electron chi connectivity index (χ1n) is 4.68. The summed E-state index contributed by atoms with van der Waals surface area (Å²) < 4.78 is 0. The van der Waals surface area contributed by atoms with Gasteiger partial charge in [0.2, 0.25) is 0 Å². The van der Waals surface area contributed by atoms with Gasteiger partial charge in [0.1, 0.15) is 0 Å². The van der Waals surface area contributed by atoms with E-state index < -0.39 is 0 Å². The highest BCUT2D eigenvalue weighted by molar-refractivity contribution is 6.18. The van der Waals surface area contributed by atoms with Crippen LogP contribution < -0.4 is 0 Å². The summed E-state index contributed by atoms with van der Waals surface area (Å²) in [6.07, 6.45) is 3.44. The van der Waals surface area contributed by atoms with E-state index in [0.717, 1.165) is 5.69 Å². The van der Waals surface area contributed by atoms with E-state index in [9.17, 15) is 0 Å². The van der Waals surface area contributed by atoms with Crippen molar-refractivity contribution in [2.24, 2.45) is 5.10 Å². The Morgan fingerprint density at radius 1 is 1.27 bits per heavy atom. The van der Waals surface area contributed by atoms with Crippen molar-refractivity contribution in [2.45, 2.75) is 0 Å². The minimum atomic E-state index is 0.538. The van der Waals surface area contributed by atoms with Gasteiger partial charge in [-0.15, -0.1) is 23.2 Å². The number of hydrogen-bond donors (Lipinski definition) is 0. The van der Waals surface area contributed by atoms with Crippen LogP contribution >= 0.6 is 23.2 Å². The first-order valence-corrected chi connectivity index (χ1v) is 5.75. The minimum Gasteiger partial charge on any atom is -0.295 e. The topological polar surface area (TPSA) is 28.5 Å². The highest BCUT2D eigenvalue weighted by Gasteiger charge is 1.97. The van der Waals surface area contributed by atoms with Crippen LogP contribution in [0, 0.1) is 0 Å². The van der Waals surface area contributed by atoms with Gasteiger partial charge in [0.05, 0.1) is 11.9 Å². The number of hydrogen-bond acceptors (Lipinski definition) is 3. The second kappa shape index (κ2) is 7.49. The number of halogens is 2. The lowest BCUT2D eigenvalue weighted by molar-refractivity contribution is 0.327. The van der Waals surface area contributed by atoms with Crippen LogP contribution in [-0.2, 0) is 0 Å². The van der Waals surface area contributed by atoms with Gasteiger partial charge in [0.15, 0.2) is 0 Å². The Kier molecular flexibility index (Phi) is 6.12. The third-order valence-electron chi connectivity index (χ3n) is 1.73. The van der Waals surface area contributed by atoms with E-state index in [1.165, 1.54) is 0 Å². The van der Waals surface area contributed by atoms with Crippen LogP contribution in [0.3, 0.4) is 0 Å². The van der Waals surface area contributed by atoms with Gasteiger partial charge in [-0.2, -0.15) is 5.10 Å². The smallest absolute Gasteiger partial charge is 0.0830 e. The van der Waals surface area contributed by atoms with Gasteiger partial charge in [-0.25, -0.2) is 0 Å². The van der Waals surface area contributed by atoms with Gasteiger partial charge in [-0.1, -0.05) is 6.07 Å². The molecule has 0 atom stereocenters. The number of rotatable bonds is 6. The summed E-state index contributed by atoms with van der Waals surface area (Å²) in [4.78, 5) is 4.13. The molecule has 0 aliphatic heterocycles. The lowest BCUT2D eigenvalue weighted by Crippen LogP contribution is -2.22. The van der Waals surface area contributed by atoms with E-state index >= 15 is 0 Å². The van der Waals surface area contributed by atoms with Crippen molar-refractivity contribution in [3.63, 3.8) is 0 Å². The molecule has 1 aromatic rings. The molecule has 0 N–H and O–H groups in total. The van der Waals surface area contributed by atoms with Crippen molar-refractivity contribution >= 4 is 29.4 Å². The molecule has 0 fully saturated rings.